The van der Waals surface area contributed by atoms with Crippen molar-refractivity contribution in [2.45, 2.75) is 43.8 Å². The molecule has 0 unspecified atom stereocenters. The fourth-order valence-electron chi connectivity index (χ4n) is 3.67. The molecule has 2 aromatic carbocycles. The van der Waals surface area contributed by atoms with Gasteiger partial charge in [-0.25, -0.2) is 9.69 Å². The molecule has 0 bridgehead atoms. The molecule has 1 aliphatic heterocycles. The zero-order valence-electron chi connectivity index (χ0n) is 15.1. The van der Waals surface area contributed by atoms with Gasteiger partial charge in [0.25, 0.3) is 5.91 Å². The monoisotopic (exact) mass is 383 g/mol. The molecule has 0 radical (unpaired) electrons. The molecule has 7 heteroatoms. The molecular formula is C21H21NO6. The summed E-state index contributed by atoms with van der Waals surface area (Å²) in [4.78, 5) is 26.0. The van der Waals surface area contributed by atoms with Crippen LogP contribution in [0.1, 0.15) is 28.8 Å². The summed E-state index contributed by atoms with van der Waals surface area (Å²) in [7, 11) is 0. The number of amides is 2. The Kier molecular flexibility index (Phi) is 5.02. The standard InChI is InChI=1S/C21H21NO6/c23-16-10-11-17-18(19(16)24)22(21(26)28-17)20(25)14-6-8-15(9-7-14)27-12-13-4-2-1-3-5-13/h1-9,16-19,23-24H,10-12H2/t16-,17-,18+,19-/m1/s1. The van der Waals surface area contributed by atoms with E-state index in [0.29, 0.717) is 25.2 Å². The van der Waals surface area contributed by atoms with Crippen LogP contribution in [0.15, 0.2) is 54.6 Å². The Hall–Kier alpha value is -2.90. The average molecular weight is 383 g/mol. The molecule has 2 N–H and O–H groups in total. The molecule has 1 saturated heterocycles. The minimum Gasteiger partial charge on any atom is -0.489 e. The first-order valence-electron chi connectivity index (χ1n) is 9.21. The van der Waals surface area contributed by atoms with E-state index in [0.717, 1.165) is 10.5 Å². The summed E-state index contributed by atoms with van der Waals surface area (Å²) < 4.78 is 10.9. The lowest BCUT2D eigenvalue weighted by Crippen LogP contribution is -2.55. The number of benzene rings is 2. The first-order valence-corrected chi connectivity index (χ1v) is 9.21. The van der Waals surface area contributed by atoms with Crippen molar-refractivity contribution < 1.29 is 29.3 Å². The van der Waals surface area contributed by atoms with Crippen LogP contribution < -0.4 is 4.74 Å². The van der Waals surface area contributed by atoms with Crippen LogP contribution in [0.4, 0.5) is 4.79 Å². The molecule has 1 saturated carbocycles. The van der Waals surface area contributed by atoms with Gasteiger partial charge in [-0.15, -0.1) is 0 Å². The molecule has 0 aromatic heterocycles. The number of carbonyl (C=O) groups is 2. The Morgan fingerprint density at radius 3 is 2.50 bits per heavy atom. The van der Waals surface area contributed by atoms with Gasteiger partial charge in [-0.2, -0.15) is 0 Å². The van der Waals surface area contributed by atoms with Crippen LogP contribution in [-0.2, 0) is 11.3 Å². The molecule has 1 heterocycles. The highest BCUT2D eigenvalue weighted by Gasteiger charge is 2.53. The maximum Gasteiger partial charge on any atom is 0.417 e. The molecule has 4 rings (SSSR count). The van der Waals surface area contributed by atoms with Crippen molar-refractivity contribution >= 4 is 12.0 Å². The summed E-state index contributed by atoms with van der Waals surface area (Å²) in [6.45, 7) is 0.403. The van der Waals surface area contributed by atoms with E-state index in [4.69, 9.17) is 9.47 Å². The van der Waals surface area contributed by atoms with E-state index in [-0.39, 0.29) is 5.56 Å². The maximum absolute atomic E-state index is 12.8. The second-order valence-electron chi connectivity index (χ2n) is 7.02. The fraction of sp³-hybridized carbons (Fsp3) is 0.333. The van der Waals surface area contributed by atoms with Gasteiger partial charge in [0.15, 0.2) is 0 Å². The van der Waals surface area contributed by atoms with Crippen molar-refractivity contribution in [3.05, 3.63) is 65.7 Å². The maximum atomic E-state index is 12.8. The summed E-state index contributed by atoms with van der Waals surface area (Å²) in [6.07, 6.45) is -2.86. The van der Waals surface area contributed by atoms with Crippen molar-refractivity contribution in [3.8, 4) is 5.75 Å². The third kappa shape index (κ3) is 3.46. The highest BCUT2D eigenvalue weighted by molar-refractivity contribution is 6.04. The van der Waals surface area contributed by atoms with Crippen LogP contribution >= 0.6 is 0 Å². The highest BCUT2D eigenvalue weighted by Crippen LogP contribution is 2.33. The number of fused-ring (bicyclic) bond motifs is 1. The number of aliphatic hydroxyl groups excluding tert-OH is 2. The van der Waals surface area contributed by atoms with Crippen LogP contribution in [0, 0.1) is 0 Å². The minimum absolute atomic E-state index is 0.275. The number of imide groups is 1. The molecule has 2 fully saturated rings. The van der Waals surface area contributed by atoms with Crippen LogP contribution in [-0.4, -0.2) is 51.5 Å². The first kappa shape index (κ1) is 18.5. The molecule has 2 amide bonds. The van der Waals surface area contributed by atoms with Crippen molar-refractivity contribution in [1.29, 1.82) is 0 Å². The smallest absolute Gasteiger partial charge is 0.417 e. The van der Waals surface area contributed by atoms with Gasteiger partial charge >= 0.3 is 6.09 Å². The molecule has 2 aliphatic rings. The highest BCUT2D eigenvalue weighted by atomic mass is 16.6. The number of carbonyl (C=O) groups excluding carboxylic acids is 2. The Bertz CT molecular complexity index is 853. The third-order valence-corrected chi connectivity index (χ3v) is 5.19. The minimum atomic E-state index is -1.22. The van der Waals surface area contributed by atoms with Gasteiger partial charge in [-0.05, 0) is 42.7 Å². The Labute approximate surface area is 162 Å². The van der Waals surface area contributed by atoms with Crippen molar-refractivity contribution in [2.75, 3.05) is 0 Å². The topological polar surface area (TPSA) is 96.3 Å². The summed E-state index contributed by atoms with van der Waals surface area (Å²) in [5.41, 5.74) is 1.30. The molecule has 0 spiro atoms. The van der Waals surface area contributed by atoms with Crippen molar-refractivity contribution in [2.24, 2.45) is 0 Å². The molecule has 1 aliphatic carbocycles. The van der Waals surface area contributed by atoms with E-state index in [9.17, 15) is 19.8 Å². The van der Waals surface area contributed by atoms with E-state index < -0.39 is 36.4 Å². The predicted molar refractivity (Wildman–Crippen MR) is 98.7 cm³/mol. The van der Waals surface area contributed by atoms with Gasteiger partial charge < -0.3 is 19.7 Å². The Morgan fingerprint density at radius 2 is 1.79 bits per heavy atom. The van der Waals surface area contributed by atoms with Crippen LogP contribution in [0.5, 0.6) is 5.75 Å². The molecule has 4 atom stereocenters. The SMILES string of the molecule is O=C1O[C@@H]2CC[C@@H](O)[C@@H](O)[C@H]2N1C(=O)c1ccc(OCc2ccccc2)cc1. The van der Waals surface area contributed by atoms with E-state index in [1.807, 2.05) is 30.3 Å². The Balaban J connectivity index is 1.46. The lowest BCUT2D eigenvalue weighted by Gasteiger charge is -2.34. The number of rotatable bonds is 4. The lowest BCUT2D eigenvalue weighted by molar-refractivity contribution is -0.0642. The second kappa shape index (κ2) is 7.61. The van der Waals surface area contributed by atoms with Gasteiger partial charge in [-0.3, -0.25) is 4.79 Å². The number of hydrogen-bond donors (Lipinski definition) is 2. The summed E-state index contributed by atoms with van der Waals surface area (Å²) in [5.74, 6) is 0.0238. The molecule has 146 valence electrons. The molecule has 2 aromatic rings. The average Bonchev–Trinajstić information content (AvgIpc) is 3.06. The quantitative estimate of drug-likeness (QED) is 0.840. The normalized spacial score (nSPS) is 26.5. The summed E-state index contributed by atoms with van der Waals surface area (Å²) in [6, 6.07) is 15.3. The van der Waals surface area contributed by atoms with Crippen LogP contribution in [0.3, 0.4) is 0 Å². The van der Waals surface area contributed by atoms with Crippen molar-refractivity contribution in [1.82, 2.24) is 4.90 Å². The van der Waals surface area contributed by atoms with E-state index >= 15 is 0 Å². The fourth-order valence-corrected chi connectivity index (χ4v) is 3.67. The first-order chi connectivity index (χ1) is 13.5. The van der Waals surface area contributed by atoms with Crippen LogP contribution in [0.25, 0.3) is 0 Å². The second-order valence-corrected chi connectivity index (χ2v) is 7.02. The van der Waals surface area contributed by atoms with E-state index in [2.05, 4.69) is 0 Å². The number of aliphatic hydroxyl groups is 2. The lowest BCUT2D eigenvalue weighted by atomic mass is 9.87. The number of hydrogen-bond acceptors (Lipinski definition) is 6. The summed E-state index contributed by atoms with van der Waals surface area (Å²) >= 11 is 0. The largest absolute Gasteiger partial charge is 0.489 e. The molecule has 28 heavy (non-hydrogen) atoms. The summed E-state index contributed by atoms with van der Waals surface area (Å²) in [5, 5.41) is 20.2. The van der Waals surface area contributed by atoms with Gasteiger partial charge in [0.2, 0.25) is 0 Å². The molecular weight excluding hydrogens is 362 g/mol. The zero-order valence-corrected chi connectivity index (χ0v) is 15.1. The van der Waals surface area contributed by atoms with Gasteiger partial charge in [0.05, 0.1) is 6.10 Å². The zero-order chi connectivity index (χ0) is 19.7. The van der Waals surface area contributed by atoms with E-state index in [1.165, 1.54) is 0 Å². The van der Waals surface area contributed by atoms with Gasteiger partial charge in [0, 0.05) is 5.56 Å². The van der Waals surface area contributed by atoms with Gasteiger partial charge in [0.1, 0.15) is 30.6 Å². The number of ether oxygens (including phenoxy) is 2. The Morgan fingerprint density at radius 1 is 1.07 bits per heavy atom. The third-order valence-electron chi connectivity index (χ3n) is 5.19. The predicted octanol–water partition coefficient (Wildman–Crippen LogP) is 2.11. The number of nitrogens with zero attached hydrogens (tertiary/aromatic N) is 1. The van der Waals surface area contributed by atoms with E-state index in [1.54, 1.807) is 24.3 Å². The van der Waals surface area contributed by atoms with Gasteiger partial charge in [-0.1, -0.05) is 30.3 Å². The van der Waals surface area contributed by atoms with Crippen LogP contribution in [0.2, 0.25) is 0 Å². The van der Waals surface area contributed by atoms with Crippen molar-refractivity contribution in [3.63, 3.8) is 0 Å². The molecule has 7 nitrogen and oxygen atoms in total.